The van der Waals surface area contributed by atoms with E-state index in [1.807, 2.05) is 18.3 Å². The maximum Gasteiger partial charge on any atom is 0.328 e. The third-order valence-corrected chi connectivity index (χ3v) is 3.44. The lowest BCUT2D eigenvalue weighted by molar-refractivity contribution is -0.134. The maximum atomic E-state index is 13.0. The highest BCUT2D eigenvalue weighted by atomic mass is 19.1. The number of fused-ring (bicyclic) bond motifs is 1. The van der Waals surface area contributed by atoms with E-state index in [4.69, 9.17) is 10.2 Å². The van der Waals surface area contributed by atoms with Gasteiger partial charge in [0, 0.05) is 41.8 Å². The number of aromatic nitrogens is 1. The van der Waals surface area contributed by atoms with E-state index < -0.39 is 11.9 Å². The van der Waals surface area contributed by atoms with Crippen LogP contribution in [0.5, 0.6) is 0 Å². The largest absolute Gasteiger partial charge is 0.478 e. The minimum atomic E-state index is -1.26. The number of carboxylic acid groups (broad SMARTS) is 2. The zero-order chi connectivity index (χ0) is 18.3. The molecule has 0 amide bonds. The van der Waals surface area contributed by atoms with E-state index in [1.54, 1.807) is 6.07 Å². The van der Waals surface area contributed by atoms with Gasteiger partial charge in [-0.05, 0) is 45.3 Å². The Kier molecular flexibility index (Phi) is 7.13. The molecule has 0 saturated carbocycles. The van der Waals surface area contributed by atoms with Crippen molar-refractivity contribution < 1.29 is 24.2 Å². The van der Waals surface area contributed by atoms with E-state index in [-0.39, 0.29) is 5.82 Å². The second kappa shape index (κ2) is 8.83. The lowest BCUT2D eigenvalue weighted by Crippen LogP contribution is -2.28. The van der Waals surface area contributed by atoms with Crippen LogP contribution in [0.3, 0.4) is 0 Å². The maximum absolute atomic E-state index is 13.0. The van der Waals surface area contributed by atoms with Gasteiger partial charge in [-0.1, -0.05) is 0 Å². The Labute approximate surface area is 139 Å². The minimum absolute atomic E-state index is 0.175. The molecule has 0 unspecified atom stereocenters. The number of carboxylic acids is 2. The third kappa shape index (κ3) is 6.21. The van der Waals surface area contributed by atoms with E-state index in [2.05, 4.69) is 30.5 Å². The van der Waals surface area contributed by atoms with Crippen LogP contribution in [0, 0.1) is 5.82 Å². The highest BCUT2D eigenvalue weighted by Gasteiger charge is 2.08. The molecule has 24 heavy (non-hydrogen) atoms. The normalized spacial score (nSPS) is 12.2. The number of hydrogen-bond donors (Lipinski definition) is 2. The van der Waals surface area contributed by atoms with Crippen molar-refractivity contribution in [2.75, 3.05) is 14.1 Å². The van der Waals surface area contributed by atoms with Crippen molar-refractivity contribution >= 4 is 22.8 Å². The molecular formula is C17H21FN2O4. The van der Waals surface area contributed by atoms with Crippen LogP contribution in [0.2, 0.25) is 0 Å². The van der Waals surface area contributed by atoms with Crippen LogP contribution in [-0.4, -0.2) is 51.8 Å². The number of carbonyl (C=O) groups is 2. The fourth-order valence-electron chi connectivity index (χ4n) is 1.92. The van der Waals surface area contributed by atoms with Gasteiger partial charge < -0.3 is 19.7 Å². The number of halogens is 1. The molecule has 0 spiro atoms. The van der Waals surface area contributed by atoms with Gasteiger partial charge in [0.2, 0.25) is 0 Å². The fraction of sp³-hybridized carbons (Fsp3) is 0.294. The summed E-state index contributed by atoms with van der Waals surface area (Å²) in [5, 5.41) is 16.6. The molecule has 1 atom stereocenters. The Morgan fingerprint density at radius 2 is 1.79 bits per heavy atom. The van der Waals surface area contributed by atoms with Crippen LogP contribution >= 0.6 is 0 Å². The quantitative estimate of drug-likeness (QED) is 0.820. The zero-order valence-corrected chi connectivity index (χ0v) is 13.8. The Morgan fingerprint density at radius 3 is 2.29 bits per heavy atom. The molecule has 0 fully saturated rings. The number of aliphatic carboxylic acids is 2. The summed E-state index contributed by atoms with van der Waals surface area (Å²) in [5.74, 6) is -2.69. The van der Waals surface area contributed by atoms with Crippen molar-refractivity contribution in [2.24, 2.45) is 0 Å². The van der Waals surface area contributed by atoms with Crippen LogP contribution in [-0.2, 0) is 16.1 Å². The molecule has 7 heteroatoms. The average molecular weight is 336 g/mol. The fourth-order valence-corrected chi connectivity index (χ4v) is 1.92. The van der Waals surface area contributed by atoms with Crippen molar-refractivity contribution in [3.8, 4) is 0 Å². The summed E-state index contributed by atoms with van der Waals surface area (Å²) in [6.45, 7) is 3.09. The first kappa shape index (κ1) is 19.4. The van der Waals surface area contributed by atoms with E-state index >= 15 is 0 Å². The Bertz CT molecular complexity index is 721. The van der Waals surface area contributed by atoms with Gasteiger partial charge in [0.15, 0.2) is 0 Å². The first-order valence-corrected chi connectivity index (χ1v) is 7.25. The first-order chi connectivity index (χ1) is 11.2. The van der Waals surface area contributed by atoms with Gasteiger partial charge in [0.1, 0.15) is 5.82 Å². The summed E-state index contributed by atoms with van der Waals surface area (Å²) >= 11 is 0. The molecule has 6 nitrogen and oxygen atoms in total. The van der Waals surface area contributed by atoms with Gasteiger partial charge in [0.25, 0.3) is 0 Å². The van der Waals surface area contributed by atoms with E-state index in [0.29, 0.717) is 18.2 Å². The number of rotatable bonds is 5. The molecule has 0 saturated heterocycles. The third-order valence-electron chi connectivity index (χ3n) is 3.44. The van der Waals surface area contributed by atoms with E-state index in [1.165, 1.54) is 6.07 Å². The van der Waals surface area contributed by atoms with Gasteiger partial charge in [-0.15, -0.1) is 0 Å². The van der Waals surface area contributed by atoms with Gasteiger partial charge in [-0.25, -0.2) is 14.0 Å². The van der Waals surface area contributed by atoms with E-state index in [9.17, 15) is 14.0 Å². The zero-order valence-electron chi connectivity index (χ0n) is 13.8. The number of benzene rings is 1. The topological polar surface area (TPSA) is 82.8 Å². The summed E-state index contributed by atoms with van der Waals surface area (Å²) in [7, 11) is 4.13. The molecule has 0 bridgehead atoms. The van der Waals surface area contributed by atoms with Crippen molar-refractivity contribution in [3.63, 3.8) is 0 Å². The lowest BCUT2D eigenvalue weighted by atomic mass is 10.2. The van der Waals surface area contributed by atoms with Crippen molar-refractivity contribution in [3.05, 3.63) is 48.4 Å². The second-order valence-corrected chi connectivity index (χ2v) is 5.49. The molecule has 0 aliphatic heterocycles. The van der Waals surface area contributed by atoms with Gasteiger partial charge in [-0.3, -0.25) is 0 Å². The van der Waals surface area contributed by atoms with Crippen molar-refractivity contribution in [1.82, 2.24) is 9.47 Å². The standard InChI is InChI=1S/C13H17FN2.C4H4O4/c1-10(15(2)3)9-16-7-6-11-8-12(14)4-5-13(11)16;5-3(6)1-2-4(7)8/h4-8,10H,9H2,1-3H3;1-2H,(H,5,6)(H,7,8)/b;2-1+/t10-;/m1./s1. The Hall–Kier alpha value is -2.67. The molecule has 1 heterocycles. The Balaban J connectivity index is 0.000000307. The predicted molar refractivity (Wildman–Crippen MR) is 89.5 cm³/mol. The summed E-state index contributed by atoms with van der Waals surface area (Å²) in [6.07, 6.45) is 3.13. The molecule has 1 aromatic heterocycles. The summed E-state index contributed by atoms with van der Waals surface area (Å²) in [5.41, 5.74) is 1.09. The second-order valence-electron chi connectivity index (χ2n) is 5.49. The van der Waals surface area contributed by atoms with Gasteiger partial charge in [-0.2, -0.15) is 0 Å². The average Bonchev–Trinajstić information content (AvgIpc) is 2.87. The summed E-state index contributed by atoms with van der Waals surface area (Å²) in [6, 6.07) is 7.35. The van der Waals surface area contributed by atoms with Gasteiger partial charge in [0.05, 0.1) is 0 Å². The minimum Gasteiger partial charge on any atom is -0.478 e. The lowest BCUT2D eigenvalue weighted by Gasteiger charge is -2.20. The van der Waals surface area contributed by atoms with Crippen molar-refractivity contribution in [2.45, 2.75) is 19.5 Å². The predicted octanol–water partition coefficient (Wildman–Crippen LogP) is 2.44. The van der Waals surface area contributed by atoms with Crippen LogP contribution in [0.15, 0.2) is 42.6 Å². The Morgan fingerprint density at radius 1 is 1.21 bits per heavy atom. The molecule has 0 radical (unpaired) electrons. The highest BCUT2D eigenvalue weighted by Crippen LogP contribution is 2.17. The molecule has 2 aromatic rings. The molecule has 0 aliphatic rings. The first-order valence-electron chi connectivity index (χ1n) is 7.25. The molecule has 0 aliphatic carbocycles. The van der Waals surface area contributed by atoms with E-state index in [0.717, 1.165) is 17.4 Å². The summed E-state index contributed by atoms with van der Waals surface area (Å²) < 4.78 is 15.2. The molecule has 130 valence electrons. The van der Waals surface area contributed by atoms with Gasteiger partial charge >= 0.3 is 11.9 Å². The number of likely N-dealkylation sites (N-methyl/N-ethyl adjacent to an activating group) is 1. The van der Waals surface area contributed by atoms with Crippen LogP contribution < -0.4 is 0 Å². The molecule has 2 N–H and O–H groups in total. The summed E-state index contributed by atoms with van der Waals surface area (Å²) in [4.78, 5) is 21.3. The molecular weight excluding hydrogens is 315 g/mol. The van der Waals surface area contributed by atoms with Crippen LogP contribution in [0.1, 0.15) is 6.92 Å². The smallest absolute Gasteiger partial charge is 0.328 e. The van der Waals surface area contributed by atoms with Crippen LogP contribution in [0.4, 0.5) is 4.39 Å². The monoisotopic (exact) mass is 336 g/mol. The molecule has 2 rings (SSSR count). The highest BCUT2D eigenvalue weighted by molar-refractivity contribution is 5.89. The SMILES string of the molecule is C[C@H](Cn1ccc2cc(F)ccc21)N(C)C.O=C(O)/C=C/C(=O)O. The van der Waals surface area contributed by atoms with Crippen molar-refractivity contribution in [1.29, 1.82) is 0 Å². The molecule has 1 aromatic carbocycles. The van der Waals surface area contributed by atoms with Crippen LogP contribution in [0.25, 0.3) is 10.9 Å². The number of nitrogens with zero attached hydrogens (tertiary/aromatic N) is 2. The number of hydrogen-bond acceptors (Lipinski definition) is 3.